The molecule has 30 heavy (non-hydrogen) atoms. The Morgan fingerprint density at radius 2 is 1.67 bits per heavy atom. The number of halogens is 1. The van der Waals surface area contributed by atoms with E-state index < -0.39 is 0 Å². The van der Waals surface area contributed by atoms with Crippen LogP contribution in [0.2, 0.25) is 0 Å². The first-order valence-electron chi connectivity index (χ1n) is 10.3. The fourth-order valence-corrected chi connectivity index (χ4v) is 3.65. The standard InChI is InChI=1S/C22H29N5O2.HI/c1-23-22(25-13-17-6-8-19-20(12-17)29-16-28-19)26-15-18-7-9-21(24-14-18)27-10-4-2-3-5-11-27;/h6-9,12,14H,2-5,10-11,13,15-16H2,1H3,(H2,23,25,26);1H. The highest BCUT2D eigenvalue weighted by Gasteiger charge is 2.13. The number of rotatable bonds is 5. The molecule has 0 unspecified atom stereocenters. The number of aromatic nitrogens is 1. The molecule has 1 aromatic heterocycles. The molecule has 162 valence electrons. The van der Waals surface area contributed by atoms with Gasteiger partial charge in [0.05, 0.1) is 0 Å². The van der Waals surface area contributed by atoms with Crippen molar-refractivity contribution in [2.24, 2.45) is 4.99 Å². The first-order valence-corrected chi connectivity index (χ1v) is 10.3. The predicted octanol–water partition coefficient (Wildman–Crippen LogP) is 3.67. The van der Waals surface area contributed by atoms with Crippen molar-refractivity contribution in [3.8, 4) is 11.5 Å². The van der Waals surface area contributed by atoms with Crippen LogP contribution in [0.4, 0.5) is 5.82 Å². The molecule has 2 aliphatic rings. The zero-order chi connectivity index (χ0) is 19.9. The van der Waals surface area contributed by atoms with Crippen molar-refractivity contribution in [2.45, 2.75) is 38.8 Å². The smallest absolute Gasteiger partial charge is 0.231 e. The molecule has 0 spiro atoms. The molecule has 2 aliphatic heterocycles. The lowest BCUT2D eigenvalue weighted by atomic mass is 10.2. The molecule has 2 N–H and O–H groups in total. The number of benzene rings is 1. The number of pyridine rings is 1. The molecule has 0 aliphatic carbocycles. The SMILES string of the molecule is CN=C(NCc1ccc(N2CCCCCC2)nc1)NCc1ccc2c(c1)OCO2.I. The topological polar surface area (TPSA) is 71.0 Å². The van der Waals surface area contributed by atoms with Gasteiger partial charge in [-0.1, -0.05) is 25.0 Å². The average Bonchev–Trinajstić information content (AvgIpc) is 3.06. The summed E-state index contributed by atoms with van der Waals surface area (Å²) in [6.07, 6.45) is 7.14. The molecule has 4 rings (SSSR count). The number of aliphatic imine (C=N–C) groups is 1. The molecular formula is C22H30IN5O2. The normalized spacial score (nSPS) is 15.9. The Labute approximate surface area is 195 Å². The summed E-state index contributed by atoms with van der Waals surface area (Å²) < 4.78 is 10.8. The molecule has 3 heterocycles. The summed E-state index contributed by atoms with van der Waals surface area (Å²) in [4.78, 5) is 11.4. The van der Waals surface area contributed by atoms with Gasteiger partial charge in [0.15, 0.2) is 17.5 Å². The molecule has 0 atom stereocenters. The van der Waals surface area contributed by atoms with Gasteiger partial charge in [-0.15, -0.1) is 24.0 Å². The Balaban J connectivity index is 0.00000256. The summed E-state index contributed by atoms with van der Waals surface area (Å²) in [5.41, 5.74) is 2.25. The number of hydrogen-bond acceptors (Lipinski definition) is 5. The Bertz CT molecular complexity index is 836. The zero-order valence-corrected chi connectivity index (χ0v) is 19.7. The van der Waals surface area contributed by atoms with Gasteiger partial charge in [-0.25, -0.2) is 4.98 Å². The molecule has 1 saturated heterocycles. The fraction of sp³-hybridized carbons (Fsp3) is 0.455. The minimum atomic E-state index is 0. The number of hydrogen-bond donors (Lipinski definition) is 2. The van der Waals surface area contributed by atoms with E-state index in [1.807, 2.05) is 24.4 Å². The molecule has 0 bridgehead atoms. The summed E-state index contributed by atoms with van der Waals surface area (Å²) in [5.74, 6) is 3.43. The van der Waals surface area contributed by atoms with Crippen LogP contribution in [0.25, 0.3) is 0 Å². The highest BCUT2D eigenvalue weighted by molar-refractivity contribution is 14.0. The lowest BCUT2D eigenvalue weighted by molar-refractivity contribution is 0.174. The largest absolute Gasteiger partial charge is 0.454 e. The van der Waals surface area contributed by atoms with E-state index in [1.54, 1.807) is 7.05 Å². The number of nitrogens with one attached hydrogen (secondary N) is 2. The van der Waals surface area contributed by atoms with E-state index >= 15 is 0 Å². The van der Waals surface area contributed by atoms with E-state index in [1.165, 1.54) is 25.7 Å². The second-order valence-electron chi connectivity index (χ2n) is 7.39. The van der Waals surface area contributed by atoms with Gasteiger partial charge in [0.2, 0.25) is 6.79 Å². The van der Waals surface area contributed by atoms with E-state index in [4.69, 9.17) is 9.47 Å². The van der Waals surface area contributed by atoms with Gasteiger partial charge in [-0.3, -0.25) is 4.99 Å². The third kappa shape index (κ3) is 5.90. The van der Waals surface area contributed by atoms with Crippen LogP contribution >= 0.6 is 24.0 Å². The average molecular weight is 523 g/mol. The maximum absolute atomic E-state index is 5.43. The van der Waals surface area contributed by atoms with E-state index in [9.17, 15) is 0 Å². The van der Waals surface area contributed by atoms with E-state index in [2.05, 4.69) is 37.6 Å². The summed E-state index contributed by atoms with van der Waals surface area (Å²) in [7, 11) is 1.77. The van der Waals surface area contributed by atoms with Crippen LogP contribution in [0.3, 0.4) is 0 Å². The zero-order valence-electron chi connectivity index (χ0n) is 17.4. The van der Waals surface area contributed by atoms with Gasteiger partial charge < -0.3 is 25.0 Å². The van der Waals surface area contributed by atoms with Gasteiger partial charge in [0.1, 0.15) is 5.82 Å². The van der Waals surface area contributed by atoms with E-state index in [0.717, 1.165) is 47.5 Å². The molecular weight excluding hydrogens is 493 g/mol. The van der Waals surface area contributed by atoms with Crippen LogP contribution in [0, 0.1) is 0 Å². The second kappa shape index (κ2) is 11.2. The highest BCUT2D eigenvalue weighted by atomic mass is 127. The Morgan fingerprint density at radius 1 is 0.967 bits per heavy atom. The summed E-state index contributed by atoms with van der Waals surface area (Å²) in [6, 6.07) is 10.2. The van der Waals surface area contributed by atoms with E-state index in [0.29, 0.717) is 19.9 Å². The van der Waals surface area contributed by atoms with Crippen LogP contribution in [0.1, 0.15) is 36.8 Å². The van der Waals surface area contributed by atoms with Gasteiger partial charge in [-0.2, -0.15) is 0 Å². The van der Waals surface area contributed by atoms with Crippen LogP contribution in [0.15, 0.2) is 41.5 Å². The quantitative estimate of drug-likeness (QED) is 0.354. The van der Waals surface area contributed by atoms with Gasteiger partial charge in [0.25, 0.3) is 0 Å². The summed E-state index contributed by atoms with van der Waals surface area (Å²) in [6.45, 7) is 3.85. The van der Waals surface area contributed by atoms with Crippen LogP contribution < -0.4 is 25.0 Å². The first-order chi connectivity index (χ1) is 14.3. The number of ether oxygens (including phenoxy) is 2. The minimum absolute atomic E-state index is 0. The minimum Gasteiger partial charge on any atom is -0.454 e. The highest BCUT2D eigenvalue weighted by Crippen LogP contribution is 2.32. The van der Waals surface area contributed by atoms with Crippen molar-refractivity contribution in [2.75, 3.05) is 31.8 Å². The van der Waals surface area contributed by atoms with Crippen molar-refractivity contribution in [3.05, 3.63) is 47.7 Å². The number of anilines is 1. The molecule has 7 nitrogen and oxygen atoms in total. The first kappa shape index (κ1) is 22.5. The Morgan fingerprint density at radius 3 is 2.37 bits per heavy atom. The van der Waals surface area contributed by atoms with E-state index in [-0.39, 0.29) is 24.0 Å². The summed E-state index contributed by atoms with van der Waals surface area (Å²) >= 11 is 0. The van der Waals surface area contributed by atoms with Gasteiger partial charge in [-0.05, 0) is 42.2 Å². The Kier molecular flexibility index (Phi) is 8.41. The predicted molar refractivity (Wildman–Crippen MR) is 130 cm³/mol. The summed E-state index contributed by atoms with van der Waals surface area (Å²) in [5, 5.41) is 6.68. The van der Waals surface area contributed by atoms with Crippen molar-refractivity contribution >= 4 is 35.8 Å². The third-order valence-corrected chi connectivity index (χ3v) is 5.32. The third-order valence-electron chi connectivity index (χ3n) is 5.32. The lowest BCUT2D eigenvalue weighted by Crippen LogP contribution is -2.36. The monoisotopic (exact) mass is 523 g/mol. The van der Waals surface area contributed by atoms with Crippen LogP contribution in [-0.2, 0) is 13.1 Å². The van der Waals surface area contributed by atoms with Crippen LogP contribution in [-0.4, -0.2) is 37.9 Å². The molecule has 0 radical (unpaired) electrons. The van der Waals surface area contributed by atoms with Crippen LogP contribution in [0.5, 0.6) is 11.5 Å². The maximum atomic E-state index is 5.43. The fourth-order valence-electron chi connectivity index (χ4n) is 3.65. The Hall–Kier alpha value is -2.23. The van der Waals surface area contributed by atoms with Gasteiger partial charge in [0, 0.05) is 39.4 Å². The molecule has 0 amide bonds. The maximum Gasteiger partial charge on any atom is 0.231 e. The lowest BCUT2D eigenvalue weighted by Gasteiger charge is -2.21. The number of fused-ring (bicyclic) bond motifs is 1. The molecule has 1 aromatic carbocycles. The number of guanidine groups is 1. The van der Waals surface area contributed by atoms with Crippen molar-refractivity contribution in [1.82, 2.24) is 15.6 Å². The van der Waals surface area contributed by atoms with Crippen molar-refractivity contribution in [1.29, 1.82) is 0 Å². The van der Waals surface area contributed by atoms with Crippen molar-refractivity contribution in [3.63, 3.8) is 0 Å². The molecule has 0 saturated carbocycles. The molecule has 2 aromatic rings. The van der Waals surface area contributed by atoms with Crippen molar-refractivity contribution < 1.29 is 9.47 Å². The van der Waals surface area contributed by atoms with Gasteiger partial charge >= 0.3 is 0 Å². The number of nitrogens with zero attached hydrogens (tertiary/aromatic N) is 3. The molecule has 8 heteroatoms. The molecule has 1 fully saturated rings. The second-order valence-corrected chi connectivity index (χ2v) is 7.39.